The van der Waals surface area contributed by atoms with Crippen molar-refractivity contribution in [2.45, 2.75) is 111 Å². The van der Waals surface area contributed by atoms with Gasteiger partial charge in [-0.2, -0.15) is 0 Å². The SMILES string of the molecule is CO[C@@H](C)[C@H]1C[C@H](C)[C@H]([C@@H](C)/C=C/[C@@H]2CC[C@@H](C)[C@H](/C(=C/[C@H]3CCC[C@@H](C)[C@@H]3[C@H](C)/C(O)=C3\C(=O)COC3=O)CO)O2)O1. The molecule has 43 heavy (non-hydrogen) atoms. The maximum atomic E-state index is 12.3. The molecular weight excluding hydrogens is 548 g/mol. The lowest BCUT2D eigenvalue weighted by molar-refractivity contribution is -0.135. The Labute approximate surface area is 257 Å². The molecule has 8 heteroatoms. The number of allylic oxidation sites excluding steroid dienone is 2. The number of hydrogen-bond acceptors (Lipinski definition) is 8. The van der Waals surface area contributed by atoms with E-state index in [0.29, 0.717) is 5.92 Å². The number of Topliss-reactive ketones (excluding diaryl/α,β-unsaturated/α-hetero) is 1. The molecule has 1 saturated carbocycles. The molecule has 1 aliphatic carbocycles. The second kappa shape index (κ2) is 14.9. The minimum absolute atomic E-state index is 0.0116. The summed E-state index contributed by atoms with van der Waals surface area (Å²) in [6, 6.07) is 0. The number of hydrogen-bond donors (Lipinski definition) is 2. The molecule has 4 aliphatic rings. The molecule has 3 aliphatic heterocycles. The van der Waals surface area contributed by atoms with Crippen LogP contribution < -0.4 is 0 Å². The van der Waals surface area contributed by atoms with Crippen molar-refractivity contribution >= 4 is 11.8 Å². The standard InChI is InChI=1S/C35H54O8/c1-19-9-8-10-25(30(19)23(5)32(38)31-28(37)18-41-35(31)39)16-26(17-36)34-21(3)12-14-27(42-34)13-11-20(2)33-22(4)15-29(43-33)24(6)40-7/h11,13,16,19-25,27,29-30,33-34,36,38H,8-10,12,14-15,17-18H2,1-7H3/b13-11+,26-16+,32-31-/t19-,20+,21-,22+,23+,24+,25-,27-,29-,30-,33+,34-/m1/s1. The van der Waals surface area contributed by atoms with E-state index in [4.69, 9.17) is 18.9 Å². The van der Waals surface area contributed by atoms with Crippen LogP contribution in [0.4, 0.5) is 0 Å². The van der Waals surface area contributed by atoms with Crippen LogP contribution in [-0.2, 0) is 28.5 Å². The summed E-state index contributed by atoms with van der Waals surface area (Å²) in [5, 5.41) is 21.6. The van der Waals surface area contributed by atoms with Crippen molar-refractivity contribution in [1.29, 1.82) is 0 Å². The van der Waals surface area contributed by atoms with E-state index in [0.717, 1.165) is 44.1 Å². The highest BCUT2D eigenvalue weighted by atomic mass is 16.6. The van der Waals surface area contributed by atoms with Gasteiger partial charge in [-0.3, -0.25) is 4.79 Å². The van der Waals surface area contributed by atoms with Crippen LogP contribution in [0, 0.1) is 41.4 Å². The number of carbonyl (C=O) groups is 2. The molecule has 0 bridgehead atoms. The van der Waals surface area contributed by atoms with E-state index >= 15 is 0 Å². The van der Waals surface area contributed by atoms with Gasteiger partial charge in [0.2, 0.25) is 5.78 Å². The minimum Gasteiger partial charge on any atom is -0.511 e. The topological polar surface area (TPSA) is 112 Å². The fourth-order valence-corrected chi connectivity index (χ4v) is 8.06. The first-order valence-electron chi connectivity index (χ1n) is 16.4. The molecule has 0 unspecified atom stereocenters. The molecular formula is C35H54O8. The Hall–Kier alpha value is -2.00. The number of ether oxygens (including phenoxy) is 4. The van der Waals surface area contributed by atoms with Crippen LogP contribution in [0.1, 0.15) is 80.1 Å². The minimum atomic E-state index is -0.739. The lowest BCUT2D eigenvalue weighted by atomic mass is 9.66. The molecule has 0 spiro atoms. The summed E-state index contributed by atoms with van der Waals surface area (Å²) in [7, 11) is 1.73. The summed E-state index contributed by atoms with van der Waals surface area (Å²) in [4.78, 5) is 24.4. The van der Waals surface area contributed by atoms with Gasteiger partial charge in [-0.1, -0.05) is 65.7 Å². The summed E-state index contributed by atoms with van der Waals surface area (Å²) in [6.45, 7) is 12.3. The normalized spacial score (nSPS) is 39.2. The van der Waals surface area contributed by atoms with E-state index in [9.17, 15) is 19.8 Å². The smallest absolute Gasteiger partial charge is 0.345 e. The Morgan fingerprint density at radius 3 is 2.42 bits per heavy atom. The number of rotatable bonds is 10. The third kappa shape index (κ3) is 7.63. The van der Waals surface area contributed by atoms with Crippen molar-refractivity contribution in [3.63, 3.8) is 0 Å². The zero-order valence-electron chi connectivity index (χ0n) is 27.2. The molecule has 0 radical (unpaired) electrons. The van der Waals surface area contributed by atoms with E-state index in [2.05, 4.69) is 52.8 Å². The molecule has 0 amide bonds. The van der Waals surface area contributed by atoms with Crippen molar-refractivity contribution in [2.75, 3.05) is 20.3 Å². The van der Waals surface area contributed by atoms with Gasteiger partial charge in [0.25, 0.3) is 0 Å². The highest BCUT2D eigenvalue weighted by molar-refractivity contribution is 6.22. The predicted octanol–water partition coefficient (Wildman–Crippen LogP) is 5.74. The third-order valence-electron chi connectivity index (χ3n) is 10.7. The molecule has 242 valence electrons. The second-order valence-corrected chi connectivity index (χ2v) is 13.8. The lowest BCUT2D eigenvalue weighted by Crippen LogP contribution is -2.37. The van der Waals surface area contributed by atoms with Crippen LogP contribution in [0.15, 0.2) is 35.1 Å². The van der Waals surface area contributed by atoms with Crippen LogP contribution in [0.5, 0.6) is 0 Å². The molecule has 3 heterocycles. The summed E-state index contributed by atoms with van der Waals surface area (Å²) in [5.41, 5.74) is 0.673. The number of cyclic esters (lactones) is 1. The lowest BCUT2D eigenvalue weighted by Gasteiger charge is -2.41. The number of ketones is 1. The van der Waals surface area contributed by atoms with E-state index in [1.807, 2.05) is 6.92 Å². The van der Waals surface area contributed by atoms with Gasteiger partial charge >= 0.3 is 5.97 Å². The van der Waals surface area contributed by atoms with Gasteiger partial charge in [-0.05, 0) is 67.8 Å². The van der Waals surface area contributed by atoms with Crippen LogP contribution in [0.3, 0.4) is 0 Å². The van der Waals surface area contributed by atoms with Gasteiger partial charge in [0.1, 0.15) is 11.3 Å². The predicted molar refractivity (Wildman–Crippen MR) is 164 cm³/mol. The number of esters is 1. The summed E-state index contributed by atoms with van der Waals surface area (Å²) >= 11 is 0. The zero-order valence-corrected chi connectivity index (χ0v) is 27.2. The van der Waals surface area contributed by atoms with Crippen LogP contribution >= 0.6 is 0 Å². The van der Waals surface area contributed by atoms with Gasteiger partial charge in [-0.25, -0.2) is 4.79 Å². The average molecular weight is 603 g/mol. The van der Waals surface area contributed by atoms with Gasteiger partial charge in [-0.15, -0.1) is 0 Å². The maximum Gasteiger partial charge on any atom is 0.345 e. The summed E-state index contributed by atoms with van der Waals surface area (Å²) < 4.78 is 23.4. The molecule has 8 nitrogen and oxygen atoms in total. The van der Waals surface area contributed by atoms with Crippen molar-refractivity contribution in [3.8, 4) is 0 Å². The Bertz CT molecular complexity index is 1060. The number of methoxy groups -OCH3 is 1. The van der Waals surface area contributed by atoms with E-state index < -0.39 is 17.7 Å². The summed E-state index contributed by atoms with van der Waals surface area (Å²) in [5.74, 6) is -0.447. The number of aliphatic hydroxyl groups excluding tert-OH is 2. The van der Waals surface area contributed by atoms with Crippen LogP contribution in [-0.4, -0.2) is 72.8 Å². The van der Waals surface area contributed by atoms with Crippen LogP contribution in [0.2, 0.25) is 0 Å². The highest BCUT2D eigenvalue weighted by Crippen LogP contribution is 2.44. The van der Waals surface area contributed by atoms with E-state index in [1.54, 1.807) is 7.11 Å². The second-order valence-electron chi connectivity index (χ2n) is 13.8. The third-order valence-corrected chi connectivity index (χ3v) is 10.7. The zero-order chi connectivity index (χ0) is 31.4. The number of carbonyl (C=O) groups excluding carboxylic acids is 2. The van der Waals surface area contributed by atoms with Gasteiger partial charge in [0, 0.05) is 18.9 Å². The fraction of sp³-hybridized carbons (Fsp3) is 0.771. The summed E-state index contributed by atoms with van der Waals surface area (Å²) in [6.07, 6.45) is 12.5. The molecule has 0 aromatic carbocycles. The molecule has 0 aromatic heterocycles. The fourth-order valence-electron chi connectivity index (χ4n) is 8.06. The van der Waals surface area contributed by atoms with E-state index in [1.165, 1.54) is 0 Å². The van der Waals surface area contributed by atoms with Gasteiger partial charge in [0.15, 0.2) is 6.61 Å². The monoisotopic (exact) mass is 602 g/mol. The molecule has 2 N–H and O–H groups in total. The molecule has 4 fully saturated rings. The maximum absolute atomic E-state index is 12.3. The Balaban J connectivity index is 1.48. The molecule has 0 aromatic rings. The van der Waals surface area contributed by atoms with Crippen LogP contribution in [0.25, 0.3) is 0 Å². The first kappa shape index (κ1) is 33.9. The Morgan fingerprint density at radius 1 is 1.02 bits per heavy atom. The largest absolute Gasteiger partial charge is 0.511 e. The molecule has 4 rings (SSSR count). The average Bonchev–Trinajstić information content (AvgIpc) is 3.55. The van der Waals surface area contributed by atoms with E-state index in [-0.39, 0.29) is 84.7 Å². The highest BCUT2D eigenvalue weighted by Gasteiger charge is 2.41. The first-order valence-corrected chi connectivity index (χ1v) is 16.4. The Morgan fingerprint density at radius 2 is 1.77 bits per heavy atom. The van der Waals surface area contributed by atoms with Gasteiger partial charge in [0.05, 0.1) is 37.1 Å². The molecule has 3 saturated heterocycles. The van der Waals surface area contributed by atoms with Gasteiger partial charge < -0.3 is 29.2 Å². The van der Waals surface area contributed by atoms with Crippen molar-refractivity contribution in [1.82, 2.24) is 0 Å². The number of aliphatic hydroxyl groups is 2. The first-order chi connectivity index (χ1) is 20.5. The van der Waals surface area contributed by atoms with Crippen molar-refractivity contribution < 1.29 is 38.7 Å². The Kier molecular flexibility index (Phi) is 11.7. The quantitative estimate of drug-likeness (QED) is 0.107. The van der Waals surface area contributed by atoms with Crippen molar-refractivity contribution in [2.24, 2.45) is 41.4 Å². The van der Waals surface area contributed by atoms with Crippen molar-refractivity contribution in [3.05, 3.63) is 35.1 Å². The molecule has 12 atom stereocenters.